The number of carbonyl (C=O) groups is 2. The second-order valence-corrected chi connectivity index (χ2v) is 8.10. The van der Waals surface area contributed by atoms with Crippen molar-refractivity contribution in [3.8, 4) is 5.75 Å². The lowest BCUT2D eigenvalue weighted by Crippen LogP contribution is -2.41. The molecular weight excluding hydrogens is 418 g/mol. The number of nitrogens with zero attached hydrogens (tertiary/aromatic N) is 1. The van der Waals surface area contributed by atoms with Crippen LogP contribution in [0.25, 0.3) is 6.08 Å². The second-order valence-electron chi connectivity index (χ2n) is 6.02. The Morgan fingerprint density at radius 3 is 2.61 bits per heavy atom. The average molecular weight is 434 g/mol. The van der Waals surface area contributed by atoms with E-state index in [9.17, 15) is 9.59 Å². The SMILES string of the molecule is CC(C(=O)O)N1C(=O)C(=Cc2ccc(OCc3ccccc3Cl)cc2)SC1=S. The molecule has 0 saturated carbocycles. The molecule has 0 radical (unpaired) electrons. The largest absolute Gasteiger partial charge is 0.489 e. The number of thiocarbonyl (C=S) groups is 1. The summed E-state index contributed by atoms with van der Waals surface area (Å²) in [4.78, 5) is 25.1. The van der Waals surface area contributed by atoms with Crippen LogP contribution >= 0.6 is 35.6 Å². The summed E-state index contributed by atoms with van der Waals surface area (Å²) >= 11 is 12.4. The van der Waals surface area contributed by atoms with Crippen LogP contribution in [0.2, 0.25) is 5.02 Å². The summed E-state index contributed by atoms with van der Waals surface area (Å²) in [6.45, 7) is 1.78. The van der Waals surface area contributed by atoms with Crippen LogP contribution in [0.4, 0.5) is 0 Å². The van der Waals surface area contributed by atoms with Gasteiger partial charge in [0.1, 0.15) is 22.7 Å². The molecule has 0 aromatic heterocycles. The molecule has 1 N–H and O–H groups in total. The van der Waals surface area contributed by atoms with Gasteiger partial charge >= 0.3 is 5.97 Å². The molecule has 1 aliphatic rings. The zero-order chi connectivity index (χ0) is 20.3. The van der Waals surface area contributed by atoms with Crippen molar-refractivity contribution < 1.29 is 19.4 Å². The van der Waals surface area contributed by atoms with Crippen molar-refractivity contribution in [2.45, 2.75) is 19.6 Å². The van der Waals surface area contributed by atoms with Crippen molar-refractivity contribution in [2.24, 2.45) is 0 Å². The maximum Gasteiger partial charge on any atom is 0.326 e. The van der Waals surface area contributed by atoms with E-state index in [4.69, 9.17) is 33.7 Å². The molecule has 28 heavy (non-hydrogen) atoms. The molecule has 144 valence electrons. The number of hydrogen-bond acceptors (Lipinski definition) is 5. The smallest absolute Gasteiger partial charge is 0.326 e. The van der Waals surface area contributed by atoms with Gasteiger partial charge in [0, 0.05) is 10.6 Å². The molecule has 1 fully saturated rings. The zero-order valence-electron chi connectivity index (χ0n) is 14.8. The minimum Gasteiger partial charge on any atom is -0.489 e. The number of halogens is 1. The Kier molecular flexibility index (Phi) is 6.39. The maximum absolute atomic E-state index is 12.5. The number of amides is 1. The maximum atomic E-state index is 12.5. The van der Waals surface area contributed by atoms with E-state index in [-0.39, 0.29) is 4.32 Å². The van der Waals surface area contributed by atoms with Crippen molar-refractivity contribution in [2.75, 3.05) is 0 Å². The number of carboxylic acid groups (broad SMARTS) is 1. The minimum atomic E-state index is -1.10. The first-order valence-electron chi connectivity index (χ1n) is 8.33. The molecular formula is C20H16ClNO4S2. The zero-order valence-corrected chi connectivity index (χ0v) is 17.2. The van der Waals surface area contributed by atoms with Gasteiger partial charge in [-0.05, 0) is 36.8 Å². The van der Waals surface area contributed by atoms with Crippen molar-refractivity contribution in [3.05, 3.63) is 69.6 Å². The molecule has 0 bridgehead atoms. The summed E-state index contributed by atoms with van der Waals surface area (Å²) < 4.78 is 5.98. The topological polar surface area (TPSA) is 66.8 Å². The van der Waals surface area contributed by atoms with Gasteiger partial charge in [-0.1, -0.05) is 65.9 Å². The van der Waals surface area contributed by atoms with Crippen LogP contribution in [-0.2, 0) is 16.2 Å². The number of rotatable bonds is 6. The van der Waals surface area contributed by atoms with Crippen LogP contribution in [0.5, 0.6) is 5.75 Å². The lowest BCUT2D eigenvalue weighted by Gasteiger charge is -2.18. The molecule has 1 amide bonds. The first-order valence-corrected chi connectivity index (χ1v) is 9.93. The Bertz CT molecular complexity index is 959. The van der Waals surface area contributed by atoms with Gasteiger partial charge in [0.25, 0.3) is 5.91 Å². The molecule has 1 unspecified atom stereocenters. The molecule has 0 aliphatic carbocycles. The molecule has 1 heterocycles. The predicted molar refractivity (Wildman–Crippen MR) is 114 cm³/mol. The minimum absolute atomic E-state index is 0.242. The number of carbonyl (C=O) groups excluding carboxylic acids is 1. The third kappa shape index (κ3) is 4.55. The van der Waals surface area contributed by atoms with Gasteiger partial charge in [0.15, 0.2) is 0 Å². The van der Waals surface area contributed by atoms with E-state index in [1.165, 1.54) is 6.92 Å². The monoisotopic (exact) mass is 433 g/mol. The molecule has 8 heteroatoms. The highest BCUT2D eigenvalue weighted by molar-refractivity contribution is 8.26. The van der Waals surface area contributed by atoms with E-state index < -0.39 is 17.9 Å². The van der Waals surface area contributed by atoms with Gasteiger partial charge in [-0.3, -0.25) is 9.69 Å². The van der Waals surface area contributed by atoms with Gasteiger partial charge in [0.05, 0.1) is 4.91 Å². The van der Waals surface area contributed by atoms with E-state index in [2.05, 4.69) is 0 Å². The number of thioether (sulfide) groups is 1. The molecule has 1 atom stereocenters. The Hall–Kier alpha value is -2.35. The number of carboxylic acids is 1. The average Bonchev–Trinajstić information content (AvgIpc) is 2.95. The Balaban J connectivity index is 1.68. The van der Waals surface area contributed by atoms with Crippen molar-refractivity contribution in [1.82, 2.24) is 4.90 Å². The summed E-state index contributed by atoms with van der Waals surface area (Å²) in [5, 5.41) is 9.78. The first kappa shape index (κ1) is 20.4. The number of ether oxygens (including phenoxy) is 1. The molecule has 2 aromatic carbocycles. The molecule has 0 spiro atoms. The summed E-state index contributed by atoms with van der Waals surface area (Å²) in [7, 11) is 0. The van der Waals surface area contributed by atoms with E-state index >= 15 is 0 Å². The van der Waals surface area contributed by atoms with Crippen molar-refractivity contribution in [3.63, 3.8) is 0 Å². The lowest BCUT2D eigenvalue weighted by molar-refractivity contribution is -0.144. The highest BCUT2D eigenvalue weighted by atomic mass is 35.5. The summed E-state index contributed by atoms with van der Waals surface area (Å²) in [5.74, 6) is -0.828. The molecule has 3 rings (SSSR count). The van der Waals surface area contributed by atoms with Crippen LogP contribution in [0.15, 0.2) is 53.4 Å². The summed E-state index contributed by atoms with van der Waals surface area (Å²) in [6, 6.07) is 13.7. The molecule has 1 saturated heterocycles. The van der Waals surface area contributed by atoms with Crippen LogP contribution in [0.1, 0.15) is 18.1 Å². The van der Waals surface area contributed by atoms with Gasteiger partial charge in [0.2, 0.25) is 0 Å². The Labute approximate surface area is 176 Å². The van der Waals surface area contributed by atoms with E-state index in [1.54, 1.807) is 18.2 Å². The predicted octanol–water partition coefficient (Wildman–Crippen LogP) is 4.59. The summed E-state index contributed by atoms with van der Waals surface area (Å²) in [5.41, 5.74) is 1.68. The number of aliphatic carboxylic acids is 1. The fourth-order valence-corrected chi connectivity index (χ4v) is 4.12. The molecule has 5 nitrogen and oxygen atoms in total. The number of hydrogen-bond donors (Lipinski definition) is 1. The normalized spacial score (nSPS) is 16.5. The first-order chi connectivity index (χ1) is 13.4. The van der Waals surface area contributed by atoms with Crippen LogP contribution < -0.4 is 4.74 Å². The van der Waals surface area contributed by atoms with Gasteiger partial charge in [-0.15, -0.1) is 0 Å². The highest BCUT2D eigenvalue weighted by Crippen LogP contribution is 2.34. The lowest BCUT2D eigenvalue weighted by atomic mass is 10.2. The van der Waals surface area contributed by atoms with Gasteiger partial charge < -0.3 is 9.84 Å². The van der Waals surface area contributed by atoms with Crippen molar-refractivity contribution >= 4 is 57.9 Å². The van der Waals surface area contributed by atoms with E-state index in [0.717, 1.165) is 27.8 Å². The van der Waals surface area contributed by atoms with E-state index in [1.807, 2.05) is 36.4 Å². The van der Waals surface area contributed by atoms with Crippen molar-refractivity contribution in [1.29, 1.82) is 0 Å². The molecule has 2 aromatic rings. The second kappa shape index (κ2) is 8.77. The quantitative estimate of drug-likeness (QED) is 0.530. The van der Waals surface area contributed by atoms with Gasteiger partial charge in [-0.25, -0.2) is 4.79 Å². The highest BCUT2D eigenvalue weighted by Gasteiger charge is 2.38. The van der Waals surface area contributed by atoms with Crippen LogP contribution in [-0.4, -0.2) is 32.2 Å². The third-order valence-corrected chi connectivity index (χ3v) is 5.80. The van der Waals surface area contributed by atoms with Gasteiger partial charge in [-0.2, -0.15) is 0 Å². The fraction of sp³-hybridized carbons (Fsp3) is 0.150. The molecule has 1 aliphatic heterocycles. The van der Waals surface area contributed by atoms with Crippen LogP contribution in [0.3, 0.4) is 0 Å². The summed E-state index contributed by atoms with van der Waals surface area (Å²) in [6.07, 6.45) is 1.69. The number of benzene rings is 2. The van der Waals surface area contributed by atoms with E-state index in [0.29, 0.717) is 22.3 Å². The standard InChI is InChI=1S/C20H16ClNO4S2/c1-12(19(24)25)22-18(23)17(28-20(22)27)10-13-6-8-15(9-7-13)26-11-14-4-2-3-5-16(14)21/h2-10,12H,11H2,1H3,(H,24,25). The Morgan fingerprint density at radius 2 is 1.96 bits per heavy atom. The Morgan fingerprint density at radius 1 is 1.29 bits per heavy atom. The van der Waals surface area contributed by atoms with Crippen LogP contribution in [0, 0.1) is 0 Å². The third-order valence-electron chi connectivity index (χ3n) is 4.10. The fourth-order valence-electron chi connectivity index (χ4n) is 2.51.